The highest BCUT2D eigenvalue weighted by atomic mass is 19.4. The van der Waals surface area contributed by atoms with E-state index in [1.807, 2.05) is 0 Å². The van der Waals surface area contributed by atoms with Crippen molar-refractivity contribution in [2.45, 2.75) is 30.9 Å². The van der Waals surface area contributed by atoms with Gasteiger partial charge in [-0.15, -0.1) is 0 Å². The number of halogens is 15. The Morgan fingerprint density at radius 2 is 0.667 bits per heavy atom. The first kappa shape index (κ1) is 32.3. The Morgan fingerprint density at radius 1 is 0.381 bits per heavy atom. The predicted molar refractivity (Wildman–Crippen MR) is 113 cm³/mol. The number of benzene rings is 3. The van der Waals surface area contributed by atoms with E-state index in [4.69, 9.17) is 16.2 Å². The Morgan fingerprint density at radius 3 is 0.976 bits per heavy atom. The van der Waals surface area contributed by atoms with E-state index in [0.717, 1.165) is 0 Å². The largest absolute Gasteiger partial charge is 0.457 e. The quantitative estimate of drug-likeness (QED) is 0.222. The summed E-state index contributed by atoms with van der Waals surface area (Å²) in [5.74, 6) is -5.13. The van der Waals surface area contributed by atoms with E-state index in [2.05, 4.69) is 4.74 Å². The second-order valence-corrected chi connectivity index (χ2v) is 8.22. The van der Waals surface area contributed by atoms with Crippen molar-refractivity contribution < 1.29 is 75.3 Å². The first-order valence-electron chi connectivity index (χ1n) is 10.5. The lowest BCUT2D eigenvalue weighted by Crippen LogP contribution is -2.16. The zero-order valence-corrected chi connectivity index (χ0v) is 19.7. The Bertz CT molecular complexity index is 1410. The molecule has 0 bridgehead atoms. The Hall–Kier alpha value is -4.19. The number of nitrogens with two attached hydrogens (primary N) is 2. The number of anilines is 2. The normalized spacial score (nSPS) is 13.3. The van der Waals surface area contributed by atoms with Crippen molar-refractivity contribution in [1.29, 1.82) is 0 Å². The van der Waals surface area contributed by atoms with Gasteiger partial charge in [-0.25, -0.2) is 0 Å². The molecule has 230 valence electrons. The maximum atomic E-state index is 13.7. The second-order valence-electron chi connectivity index (χ2n) is 8.22. The van der Waals surface area contributed by atoms with Crippen LogP contribution in [0, 0.1) is 0 Å². The van der Waals surface area contributed by atoms with E-state index in [1.165, 1.54) is 0 Å². The van der Waals surface area contributed by atoms with Gasteiger partial charge in [-0.1, -0.05) is 0 Å². The van der Waals surface area contributed by atoms with Gasteiger partial charge in [-0.3, -0.25) is 0 Å². The standard InChI is InChI=1S/C23H11F15N2O2/c24-19(25,26)11-3-8(41-9-4-12(20(27,28)29)17(39)13(5-9)21(30,31)32)1-2-16(11)42-10-6-14(22(33,34)35)18(40)15(7-10)23(36,37)38/h1-7H,39-40H2. The van der Waals surface area contributed by atoms with E-state index >= 15 is 0 Å². The molecule has 4 nitrogen and oxygen atoms in total. The molecule has 0 radical (unpaired) electrons. The average molecular weight is 632 g/mol. The predicted octanol–water partition coefficient (Wildman–Crippen LogP) is 9.53. The minimum atomic E-state index is -5.50. The molecule has 0 saturated carbocycles. The summed E-state index contributed by atoms with van der Waals surface area (Å²) in [6.07, 6.45) is -27.4. The van der Waals surface area contributed by atoms with Crippen molar-refractivity contribution in [2.75, 3.05) is 11.5 Å². The van der Waals surface area contributed by atoms with E-state index in [1.54, 1.807) is 0 Å². The zero-order chi connectivity index (χ0) is 32.2. The van der Waals surface area contributed by atoms with Crippen LogP contribution in [0.4, 0.5) is 77.2 Å². The van der Waals surface area contributed by atoms with Crippen LogP contribution >= 0.6 is 0 Å². The van der Waals surface area contributed by atoms with E-state index < -0.39 is 93.1 Å². The SMILES string of the molecule is Nc1c(C(F)(F)F)cc(Oc2ccc(Oc3cc(C(F)(F)F)c(N)c(C(F)(F)F)c3)c(C(F)(F)F)c2)cc1C(F)(F)F. The number of ether oxygens (including phenoxy) is 2. The van der Waals surface area contributed by atoms with Gasteiger partial charge in [0.05, 0.1) is 33.6 Å². The molecule has 3 aromatic carbocycles. The molecule has 0 spiro atoms. The summed E-state index contributed by atoms with van der Waals surface area (Å²) < 4.78 is 209. The van der Waals surface area contributed by atoms with Crippen LogP contribution in [-0.2, 0) is 30.9 Å². The highest BCUT2D eigenvalue weighted by Crippen LogP contribution is 2.48. The third-order valence-corrected chi connectivity index (χ3v) is 5.25. The first-order chi connectivity index (χ1) is 18.8. The minimum Gasteiger partial charge on any atom is -0.457 e. The van der Waals surface area contributed by atoms with Crippen LogP contribution < -0.4 is 20.9 Å². The molecule has 0 aliphatic heterocycles. The van der Waals surface area contributed by atoms with Crippen molar-refractivity contribution in [3.8, 4) is 23.0 Å². The van der Waals surface area contributed by atoms with Gasteiger partial charge in [-0.2, -0.15) is 65.9 Å². The fourth-order valence-corrected chi connectivity index (χ4v) is 3.46. The van der Waals surface area contributed by atoms with Gasteiger partial charge in [0.2, 0.25) is 0 Å². The van der Waals surface area contributed by atoms with Gasteiger partial charge in [-0.05, 0) is 42.5 Å². The number of hydrogen-bond donors (Lipinski definition) is 2. The summed E-state index contributed by atoms with van der Waals surface area (Å²) in [6, 6.07) is 0.457. The summed E-state index contributed by atoms with van der Waals surface area (Å²) in [7, 11) is 0. The van der Waals surface area contributed by atoms with Gasteiger partial charge in [0.1, 0.15) is 28.6 Å². The van der Waals surface area contributed by atoms with Gasteiger partial charge >= 0.3 is 30.9 Å². The lowest BCUT2D eigenvalue weighted by Gasteiger charge is -2.20. The van der Waals surface area contributed by atoms with Crippen LogP contribution in [0.15, 0.2) is 42.5 Å². The van der Waals surface area contributed by atoms with Gasteiger partial charge < -0.3 is 20.9 Å². The third-order valence-electron chi connectivity index (χ3n) is 5.25. The van der Waals surface area contributed by atoms with E-state index in [0.29, 0.717) is 12.1 Å². The van der Waals surface area contributed by atoms with Gasteiger partial charge in [0, 0.05) is 0 Å². The molecule has 0 amide bonds. The van der Waals surface area contributed by atoms with Crippen molar-refractivity contribution in [2.24, 2.45) is 0 Å². The van der Waals surface area contributed by atoms with Crippen molar-refractivity contribution >= 4 is 11.4 Å². The van der Waals surface area contributed by atoms with Gasteiger partial charge in [0.25, 0.3) is 0 Å². The molecule has 3 rings (SSSR count). The number of alkyl halides is 15. The molecule has 0 heterocycles. The molecule has 0 unspecified atom stereocenters. The van der Waals surface area contributed by atoms with Crippen LogP contribution in [0.25, 0.3) is 0 Å². The van der Waals surface area contributed by atoms with Crippen molar-refractivity contribution in [3.05, 3.63) is 70.3 Å². The molecule has 0 aliphatic carbocycles. The highest BCUT2D eigenvalue weighted by Gasteiger charge is 2.43. The molecule has 0 atom stereocenters. The average Bonchev–Trinajstić information content (AvgIpc) is 2.78. The summed E-state index contributed by atoms with van der Waals surface area (Å²) in [5.41, 5.74) is -3.81. The van der Waals surface area contributed by atoms with Crippen molar-refractivity contribution in [3.63, 3.8) is 0 Å². The van der Waals surface area contributed by atoms with Crippen LogP contribution in [0.5, 0.6) is 23.0 Å². The zero-order valence-electron chi connectivity index (χ0n) is 19.7. The fraction of sp³-hybridized carbons (Fsp3) is 0.217. The molecule has 3 aromatic rings. The summed E-state index contributed by atoms with van der Waals surface area (Å²) in [5, 5.41) is 0. The number of nitrogen functional groups attached to an aromatic ring is 2. The third kappa shape index (κ3) is 6.99. The van der Waals surface area contributed by atoms with Crippen LogP contribution in [0.2, 0.25) is 0 Å². The maximum Gasteiger partial charge on any atom is 0.420 e. The van der Waals surface area contributed by atoms with Crippen LogP contribution in [0.3, 0.4) is 0 Å². The molecular weight excluding hydrogens is 621 g/mol. The lowest BCUT2D eigenvalue weighted by atomic mass is 10.1. The molecule has 42 heavy (non-hydrogen) atoms. The first-order valence-corrected chi connectivity index (χ1v) is 10.5. The molecule has 19 heteroatoms. The Kier molecular flexibility index (Phi) is 7.90. The molecular formula is C23H11F15N2O2. The molecule has 4 N–H and O–H groups in total. The topological polar surface area (TPSA) is 70.5 Å². The summed E-state index contributed by atoms with van der Waals surface area (Å²) in [4.78, 5) is 0. The van der Waals surface area contributed by atoms with Crippen LogP contribution in [0.1, 0.15) is 27.8 Å². The Labute approximate surface area is 223 Å². The van der Waals surface area contributed by atoms with E-state index in [9.17, 15) is 65.9 Å². The fourth-order valence-electron chi connectivity index (χ4n) is 3.46. The molecule has 0 fully saturated rings. The molecule has 0 aromatic heterocycles. The van der Waals surface area contributed by atoms with Crippen LogP contribution in [-0.4, -0.2) is 0 Å². The Balaban J connectivity index is 2.13. The van der Waals surface area contributed by atoms with Gasteiger partial charge in [0.15, 0.2) is 0 Å². The summed E-state index contributed by atoms with van der Waals surface area (Å²) >= 11 is 0. The number of hydrogen-bond acceptors (Lipinski definition) is 4. The summed E-state index contributed by atoms with van der Waals surface area (Å²) in [6.45, 7) is 0. The monoisotopic (exact) mass is 632 g/mol. The highest BCUT2D eigenvalue weighted by molar-refractivity contribution is 5.61. The minimum absolute atomic E-state index is 0.0289. The van der Waals surface area contributed by atoms with E-state index in [-0.39, 0.29) is 30.3 Å². The molecule has 0 aliphatic rings. The smallest absolute Gasteiger partial charge is 0.420 e. The second kappa shape index (κ2) is 10.3. The maximum absolute atomic E-state index is 13.7. The number of rotatable bonds is 4. The van der Waals surface area contributed by atoms with Crippen molar-refractivity contribution in [1.82, 2.24) is 0 Å². The molecule has 0 saturated heterocycles. The lowest BCUT2D eigenvalue weighted by molar-refractivity contribution is -0.143.